The number of nitrogen functional groups attached to an aromatic ring is 1. The first-order valence-electron chi connectivity index (χ1n) is 7.05. The van der Waals surface area contributed by atoms with Crippen LogP contribution in [0.4, 0.5) is 5.82 Å². The molecule has 3 heterocycles. The first-order chi connectivity index (χ1) is 10.6. The third-order valence-corrected chi connectivity index (χ3v) is 4.39. The maximum Gasteiger partial charge on any atom is 0.159 e. The van der Waals surface area contributed by atoms with E-state index in [4.69, 9.17) is 5.73 Å². The number of rotatable bonds is 2. The van der Waals surface area contributed by atoms with Crippen LogP contribution in [-0.4, -0.2) is 25.4 Å². The lowest BCUT2D eigenvalue weighted by Crippen LogP contribution is -1.94. The van der Waals surface area contributed by atoms with Crippen molar-refractivity contribution in [1.82, 2.24) is 19.1 Å². The molecule has 0 aliphatic heterocycles. The van der Waals surface area contributed by atoms with E-state index in [0.29, 0.717) is 17.3 Å². The highest BCUT2D eigenvalue weighted by Crippen LogP contribution is 2.39. The molecule has 2 N–H and O–H groups in total. The number of fused-ring (bicyclic) bond motifs is 1. The first-order valence-corrected chi connectivity index (χ1v) is 7.89. The molecule has 3 aromatic heterocycles. The number of carbonyl (C=O) groups excluding carboxylic acids is 1. The predicted molar refractivity (Wildman–Crippen MR) is 87.1 cm³/mol. The molecule has 4 rings (SSSR count). The lowest BCUT2D eigenvalue weighted by Gasteiger charge is -1.97. The van der Waals surface area contributed by atoms with E-state index in [2.05, 4.69) is 20.5 Å². The minimum absolute atomic E-state index is 0.567. The van der Waals surface area contributed by atoms with Crippen molar-refractivity contribution in [2.75, 3.05) is 5.73 Å². The van der Waals surface area contributed by atoms with Crippen LogP contribution in [-0.2, 0) is 7.05 Å². The van der Waals surface area contributed by atoms with Crippen LogP contribution in [0.5, 0.6) is 0 Å². The summed E-state index contributed by atoms with van der Waals surface area (Å²) in [6, 6.07) is 4.09. The largest absolute Gasteiger partial charge is 0.382 e. The summed E-state index contributed by atoms with van der Waals surface area (Å²) >= 11 is 1.31. The summed E-state index contributed by atoms with van der Waals surface area (Å²) in [5.41, 5.74) is 9.35. The van der Waals surface area contributed by atoms with Crippen molar-refractivity contribution in [2.24, 2.45) is 7.05 Å². The van der Waals surface area contributed by atoms with E-state index in [9.17, 15) is 4.79 Å². The fourth-order valence-electron chi connectivity index (χ4n) is 2.19. The van der Waals surface area contributed by atoms with Crippen LogP contribution in [0.2, 0.25) is 0 Å². The summed E-state index contributed by atoms with van der Waals surface area (Å²) in [6.45, 7) is 1.82. The van der Waals surface area contributed by atoms with Crippen LogP contribution in [0, 0.1) is 6.92 Å². The van der Waals surface area contributed by atoms with Crippen LogP contribution in [0.25, 0.3) is 11.0 Å². The van der Waals surface area contributed by atoms with Gasteiger partial charge in [0, 0.05) is 29.6 Å². The maximum atomic E-state index is 10.1. The Balaban J connectivity index is 0.000000154. The van der Waals surface area contributed by atoms with E-state index in [1.807, 2.05) is 20.0 Å². The minimum atomic E-state index is 0.567. The number of nitrogens with zero attached hydrogens (tertiary/aromatic N) is 4. The fourth-order valence-corrected chi connectivity index (χ4v) is 2.85. The average Bonchev–Trinajstić information content (AvgIpc) is 3.23. The zero-order valence-electron chi connectivity index (χ0n) is 12.5. The molecule has 7 heteroatoms. The number of carbonyl (C=O) groups is 1. The van der Waals surface area contributed by atoms with E-state index in [1.54, 1.807) is 10.1 Å². The molecule has 0 radical (unpaired) electrons. The Morgan fingerprint density at radius 1 is 1.41 bits per heavy atom. The molecule has 1 aliphatic rings. The van der Waals surface area contributed by atoms with Crippen LogP contribution in [0.3, 0.4) is 0 Å². The van der Waals surface area contributed by atoms with Gasteiger partial charge in [0.15, 0.2) is 17.8 Å². The van der Waals surface area contributed by atoms with E-state index in [-0.39, 0.29) is 0 Å². The number of aryl methyl sites for hydroxylation is 2. The number of pyridine rings is 1. The van der Waals surface area contributed by atoms with Crippen molar-refractivity contribution in [3.05, 3.63) is 34.5 Å². The SMILES string of the molecule is Cc1nscc1C=O.Cn1nc(N)c2ccc(C3CC3)nc21. The van der Waals surface area contributed by atoms with Gasteiger partial charge in [0.2, 0.25) is 0 Å². The van der Waals surface area contributed by atoms with Gasteiger partial charge in [0.1, 0.15) is 0 Å². The maximum absolute atomic E-state index is 10.1. The average molecular weight is 315 g/mol. The highest BCUT2D eigenvalue weighted by molar-refractivity contribution is 7.03. The Kier molecular flexibility index (Phi) is 3.89. The molecule has 0 bridgehead atoms. The molecule has 1 saturated carbocycles. The Bertz CT molecular complexity index is 819. The second-order valence-electron chi connectivity index (χ2n) is 5.36. The molecule has 3 aromatic rings. The molecule has 0 saturated heterocycles. The summed E-state index contributed by atoms with van der Waals surface area (Å²) in [5.74, 6) is 1.24. The molecule has 1 fully saturated rings. The molecule has 6 nitrogen and oxygen atoms in total. The van der Waals surface area contributed by atoms with Crippen LogP contribution in [0.15, 0.2) is 17.5 Å². The van der Waals surface area contributed by atoms with Crippen LogP contribution in [0.1, 0.15) is 40.5 Å². The van der Waals surface area contributed by atoms with Crippen molar-refractivity contribution < 1.29 is 4.79 Å². The third kappa shape index (κ3) is 2.85. The van der Waals surface area contributed by atoms with Crippen molar-refractivity contribution >= 4 is 34.7 Å². The number of hydrogen-bond donors (Lipinski definition) is 1. The van der Waals surface area contributed by atoms with Crippen molar-refractivity contribution in [3.63, 3.8) is 0 Å². The zero-order valence-corrected chi connectivity index (χ0v) is 13.3. The molecular weight excluding hydrogens is 298 g/mol. The second kappa shape index (κ2) is 5.84. The molecule has 0 atom stereocenters. The molecule has 1 aliphatic carbocycles. The Labute approximate surface area is 132 Å². The standard InChI is InChI=1S/C10H12N4.C5H5NOS/c1-14-10-7(9(11)13-14)4-5-8(12-10)6-2-3-6;1-4-5(2-7)3-8-6-4/h4-6H,2-3H2,1H3,(H2,11,13);2-3H,1H3. The van der Waals surface area contributed by atoms with E-state index >= 15 is 0 Å². The molecule has 0 unspecified atom stereocenters. The second-order valence-corrected chi connectivity index (χ2v) is 5.99. The molecule has 0 amide bonds. The monoisotopic (exact) mass is 315 g/mol. The summed E-state index contributed by atoms with van der Waals surface area (Å²) in [7, 11) is 1.88. The minimum Gasteiger partial charge on any atom is -0.382 e. The number of anilines is 1. The molecular formula is C15H17N5OS. The normalized spacial score (nSPS) is 13.7. The van der Waals surface area contributed by atoms with Gasteiger partial charge < -0.3 is 5.73 Å². The van der Waals surface area contributed by atoms with Crippen molar-refractivity contribution in [2.45, 2.75) is 25.7 Å². The van der Waals surface area contributed by atoms with E-state index < -0.39 is 0 Å². The number of aldehydes is 1. The van der Waals surface area contributed by atoms with Gasteiger partial charge in [-0.3, -0.25) is 4.79 Å². The van der Waals surface area contributed by atoms with Crippen molar-refractivity contribution in [1.29, 1.82) is 0 Å². The van der Waals surface area contributed by atoms with E-state index in [0.717, 1.165) is 23.0 Å². The predicted octanol–water partition coefficient (Wildman–Crippen LogP) is 2.69. The summed E-state index contributed by atoms with van der Waals surface area (Å²) in [5, 5.41) is 6.84. The highest BCUT2D eigenvalue weighted by atomic mass is 32.1. The van der Waals surface area contributed by atoms with Crippen molar-refractivity contribution in [3.8, 4) is 0 Å². The summed E-state index contributed by atoms with van der Waals surface area (Å²) in [4.78, 5) is 14.6. The first kappa shape index (κ1) is 14.6. The van der Waals surface area contributed by atoms with Gasteiger partial charge in [-0.15, -0.1) is 0 Å². The third-order valence-electron chi connectivity index (χ3n) is 3.65. The summed E-state index contributed by atoms with van der Waals surface area (Å²) < 4.78 is 5.64. The molecule has 114 valence electrons. The topological polar surface area (TPSA) is 86.7 Å². The number of aromatic nitrogens is 4. The van der Waals surface area contributed by atoms with Gasteiger partial charge in [0.25, 0.3) is 0 Å². The lowest BCUT2D eigenvalue weighted by molar-refractivity contribution is 0.112. The highest BCUT2D eigenvalue weighted by Gasteiger charge is 2.25. The van der Waals surface area contributed by atoms with E-state index in [1.165, 1.54) is 30.1 Å². The quantitative estimate of drug-likeness (QED) is 0.735. The Hall–Kier alpha value is -2.28. The van der Waals surface area contributed by atoms with Gasteiger partial charge in [-0.1, -0.05) is 0 Å². The molecule has 22 heavy (non-hydrogen) atoms. The van der Waals surface area contributed by atoms with Crippen LogP contribution >= 0.6 is 11.5 Å². The van der Waals surface area contributed by atoms with Gasteiger partial charge in [0.05, 0.1) is 11.1 Å². The smallest absolute Gasteiger partial charge is 0.159 e. The van der Waals surface area contributed by atoms with Gasteiger partial charge in [-0.2, -0.15) is 9.47 Å². The van der Waals surface area contributed by atoms with Gasteiger partial charge >= 0.3 is 0 Å². The molecule has 0 spiro atoms. The number of nitrogens with two attached hydrogens (primary N) is 1. The molecule has 0 aromatic carbocycles. The van der Waals surface area contributed by atoms with Crippen LogP contribution < -0.4 is 5.73 Å². The lowest BCUT2D eigenvalue weighted by atomic mass is 10.2. The number of hydrogen-bond acceptors (Lipinski definition) is 6. The van der Waals surface area contributed by atoms with Gasteiger partial charge in [-0.25, -0.2) is 9.67 Å². The zero-order chi connectivity index (χ0) is 15.7. The fraction of sp³-hybridized carbons (Fsp3) is 0.333. The van der Waals surface area contributed by atoms with Gasteiger partial charge in [-0.05, 0) is 43.4 Å². The Morgan fingerprint density at radius 3 is 2.73 bits per heavy atom. The summed E-state index contributed by atoms with van der Waals surface area (Å²) in [6.07, 6.45) is 3.36. The Morgan fingerprint density at radius 2 is 2.18 bits per heavy atom.